The van der Waals surface area contributed by atoms with Crippen molar-refractivity contribution in [3.05, 3.63) is 48.0 Å². The van der Waals surface area contributed by atoms with Gasteiger partial charge in [0.1, 0.15) is 5.75 Å². The summed E-state index contributed by atoms with van der Waals surface area (Å²) in [5, 5.41) is 0. The van der Waals surface area contributed by atoms with Crippen LogP contribution in [0.1, 0.15) is 18.4 Å². The number of anilines is 1. The molecule has 2 atom stereocenters. The normalized spacial score (nSPS) is 23.5. The van der Waals surface area contributed by atoms with Crippen LogP contribution >= 0.6 is 0 Å². The molecule has 5 nitrogen and oxygen atoms in total. The molecule has 0 amide bonds. The summed E-state index contributed by atoms with van der Waals surface area (Å²) in [7, 11) is 0. The van der Waals surface area contributed by atoms with E-state index in [4.69, 9.17) is 4.74 Å². The number of benzene rings is 1. The average molecular weight is 356 g/mol. The van der Waals surface area contributed by atoms with Crippen molar-refractivity contribution in [1.82, 2.24) is 14.9 Å². The van der Waals surface area contributed by atoms with E-state index in [1.807, 2.05) is 12.1 Å². The van der Waals surface area contributed by atoms with Crippen LogP contribution in [0.25, 0.3) is 0 Å². The molecule has 0 spiro atoms. The fourth-order valence-electron chi connectivity index (χ4n) is 3.89. The highest BCUT2D eigenvalue weighted by molar-refractivity contribution is 5.30. The molecule has 138 valence electrons. The van der Waals surface area contributed by atoms with E-state index in [2.05, 4.69) is 38.8 Å². The van der Waals surface area contributed by atoms with Gasteiger partial charge in [-0.3, -0.25) is 4.90 Å². The number of fused-ring (bicyclic) bond motifs is 1. The molecule has 1 aromatic carbocycles. The van der Waals surface area contributed by atoms with E-state index in [0.29, 0.717) is 17.9 Å². The zero-order valence-corrected chi connectivity index (χ0v) is 15.1. The molecule has 0 radical (unpaired) electrons. The number of ether oxygens (including phenoxy) is 1. The summed E-state index contributed by atoms with van der Waals surface area (Å²) < 4.78 is 19.0. The van der Waals surface area contributed by atoms with Crippen LogP contribution in [0.15, 0.2) is 36.7 Å². The number of aryl methyl sites for hydroxylation is 1. The second kappa shape index (κ2) is 7.58. The third kappa shape index (κ3) is 3.96. The number of piperidine rings is 1. The quantitative estimate of drug-likeness (QED) is 0.843. The van der Waals surface area contributed by atoms with Crippen molar-refractivity contribution < 1.29 is 9.13 Å². The minimum Gasteiger partial charge on any atom is -0.493 e. The molecule has 2 saturated heterocycles. The fourth-order valence-corrected chi connectivity index (χ4v) is 3.89. The lowest BCUT2D eigenvalue weighted by Crippen LogP contribution is -2.57. The van der Waals surface area contributed by atoms with E-state index in [0.717, 1.165) is 45.0 Å². The highest BCUT2D eigenvalue weighted by Crippen LogP contribution is 2.27. The van der Waals surface area contributed by atoms with Gasteiger partial charge in [-0.15, -0.1) is 0 Å². The lowest BCUT2D eigenvalue weighted by Gasteiger charge is -2.46. The summed E-state index contributed by atoms with van der Waals surface area (Å²) in [6.07, 6.45) is 4.81. The highest BCUT2D eigenvalue weighted by Gasteiger charge is 2.33. The molecule has 26 heavy (non-hydrogen) atoms. The van der Waals surface area contributed by atoms with Crippen molar-refractivity contribution in [2.24, 2.45) is 5.92 Å². The van der Waals surface area contributed by atoms with Crippen molar-refractivity contribution >= 4 is 5.95 Å². The molecule has 0 saturated carbocycles. The maximum Gasteiger partial charge on any atom is 0.225 e. The van der Waals surface area contributed by atoms with Gasteiger partial charge in [-0.2, -0.15) is 0 Å². The molecule has 3 heterocycles. The Morgan fingerprint density at radius 2 is 1.85 bits per heavy atom. The van der Waals surface area contributed by atoms with Gasteiger partial charge in [0.25, 0.3) is 0 Å². The predicted molar refractivity (Wildman–Crippen MR) is 99.0 cm³/mol. The Bertz CT molecular complexity index is 722. The number of hydrogen-bond donors (Lipinski definition) is 0. The number of aromatic nitrogens is 2. The van der Waals surface area contributed by atoms with Gasteiger partial charge < -0.3 is 9.64 Å². The molecule has 4 rings (SSSR count). The van der Waals surface area contributed by atoms with Crippen LogP contribution < -0.4 is 9.64 Å². The van der Waals surface area contributed by atoms with Crippen LogP contribution in [0.2, 0.25) is 0 Å². The number of nitrogens with zero attached hydrogens (tertiary/aromatic N) is 4. The highest BCUT2D eigenvalue weighted by atomic mass is 19.1. The maximum absolute atomic E-state index is 13.0. The van der Waals surface area contributed by atoms with Gasteiger partial charge in [-0.25, -0.2) is 14.4 Å². The van der Waals surface area contributed by atoms with E-state index in [9.17, 15) is 4.39 Å². The molecule has 0 bridgehead atoms. The van der Waals surface area contributed by atoms with Crippen LogP contribution in [0.4, 0.5) is 10.3 Å². The number of halogens is 1. The topological polar surface area (TPSA) is 41.5 Å². The lowest BCUT2D eigenvalue weighted by molar-refractivity contribution is 0.0725. The molecule has 2 aliphatic heterocycles. The largest absolute Gasteiger partial charge is 0.493 e. The summed E-state index contributed by atoms with van der Waals surface area (Å²) in [5.74, 6) is 1.77. The third-order valence-corrected chi connectivity index (χ3v) is 5.40. The van der Waals surface area contributed by atoms with Gasteiger partial charge in [0.05, 0.1) is 19.0 Å². The fraction of sp³-hybridized carbons (Fsp3) is 0.500. The first-order chi connectivity index (χ1) is 12.7. The zero-order chi connectivity index (χ0) is 17.9. The Morgan fingerprint density at radius 1 is 1.08 bits per heavy atom. The number of piperazine rings is 1. The van der Waals surface area contributed by atoms with Crippen LogP contribution in [0.5, 0.6) is 5.75 Å². The van der Waals surface area contributed by atoms with Gasteiger partial charge in [-0.1, -0.05) is 17.7 Å². The molecule has 1 aromatic heterocycles. The Balaban J connectivity index is 1.29. The SMILES string of the molecule is Cc1ccc(OCC2CCC3CN(c4ncc(F)cn4)CCN3C2)cc1. The summed E-state index contributed by atoms with van der Waals surface area (Å²) in [4.78, 5) is 13.0. The van der Waals surface area contributed by atoms with E-state index < -0.39 is 0 Å². The Kier molecular flexibility index (Phi) is 5.02. The van der Waals surface area contributed by atoms with Gasteiger partial charge >= 0.3 is 0 Å². The first kappa shape index (κ1) is 17.2. The van der Waals surface area contributed by atoms with Gasteiger partial charge in [-0.05, 0) is 31.9 Å². The van der Waals surface area contributed by atoms with Crippen LogP contribution in [-0.4, -0.2) is 53.7 Å². The Hall–Kier alpha value is -2.21. The van der Waals surface area contributed by atoms with E-state index in [-0.39, 0.29) is 5.82 Å². The molecule has 6 heteroatoms. The van der Waals surface area contributed by atoms with Crippen molar-refractivity contribution in [3.63, 3.8) is 0 Å². The Morgan fingerprint density at radius 3 is 2.62 bits per heavy atom. The molecule has 2 unspecified atom stereocenters. The molecular formula is C20H25FN4O. The minimum absolute atomic E-state index is 0.388. The molecule has 2 aliphatic rings. The smallest absolute Gasteiger partial charge is 0.225 e. The lowest BCUT2D eigenvalue weighted by atomic mass is 9.91. The minimum atomic E-state index is -0.388. The molecule has 0 N–H and O–H groups in total. The zero-order valence-electron chi connectivity index (χ0n) is 15.1. The molecule has 0 aliphatic carbocycles. The van der Waals surface area contributed by atoms with E-state index >= 15 is 0 Å². The van der Waals surface area contributed by atoms with Gasteiger partial charge in [0, 0.05) is 38.1 Å². The first-order valence-corrected chi connectivity index (χ1v) is 9.33. The first-order valence-electron chi connectivity index (χ1n) is 9.33. The van der Waals surface area contributed by atoms with E-state index in [1.165, 1.54) is 24.4 Å². The number of hydrogen-bond acceptors (Lipinski definition) is 5. The second-order valence-corrected chi connectivity index (χ2v) is 7.36. The van der Waals surface area contributed by atoms with Crippen molar-refractivity contribution in [2.45, 2.75) is 25.8 Å². The van der Waals surface area contributed by atoms with E-state index in [1.54, 1.807) is 0 Å². The standard InChI is InChI=1S/C20H25FN4O/c1-15-2-6-19(7-3-15)26-14-16-4-5-18-13-25(9-8-24(18)12-16)20-22-10-17(21)11-23-20/h2-3,6-7,10-11,16,18H,4-5,8-9,12-14H2,1H3. The van der Waals surface area contributed by atoms with Crippen molar-refractivity contribution in [2.75, 3.05) is 37.7 Å². The van der Waals surface area contributed by atoms with Crippen molar-refractivity contribution in [1.29, 1.82) is 0 Å². The summed E-state index contributed by atoms with van der Waals surface area (Å²) in [6, 6.07) is 8.78. The Labute approximate surface area is 153 Å². The molecule has 2 aromatic rings. The van der Waals surface area contributed by atoms with Crippen molar-refractivity contribution in [3.8, 4) is 5.75 Å². The van der Waals surface area contributed by atoms with Crippen LogP contribution in [-0.2, 0) is 0 Å². The van der Waals surface area contributed by atoms with Gasteiger partial charge in [0.15, 0.2) is 5.82 Å². The monoisotopic (exact) mass is 356 g/mol. The summed E-state index contributed by atoms with van der Waals surface area (Å²) in [6.45, 7) is 6.73. The summed E-state index contributed by atoms with van der Waals surface area (Å²) >= 11 is 0. The maximum atomic E-state index is 13.0. The van der Waals surface area contributed by atoms with Crippen LogP contribution in [0.3, 0.4) is 0 Å². The van der Waals surface area contributed by atoms with Gasteiger partial charge in [0.2, 0.25) is 5.95 Å². The molecule has 2 fully saturated rings. The molecular weight excluding hydrogens is 331 g/mol. The summed E-state index contributed by atoms with van der Waals surface area (Å²) in [5.41, 5.74) is 1.25. The third-order valence-electron chi connectivity index (χ3n) is 5.40. The average Bonchev–Trinajstić information content (AvgIpc) is 2.67. The number of rotatable bonds is 4. The predicted octanol–water partition coefficient (Wildman–Crippen LogP) is 2.90. The van der Waals surface area contributed by atoms with Crippen LogP contribution in [0, 0.1) is 18.7 Å². The second-order valence-electron chi connectivity index (χ2n) is 7.36.